The van der Waals surface area contributed by atoms with Crippen LogP contribution in [-0.2, 0) is 0 Å². The number of rotatable bonds is 2. The fraction of sp³-hybridized carbons (Fsp3) is 0.429. The number of halogens is 2. The third-order valence-electron chi connectivity index (χ3n) is 1.10. The van der Waals surface area contributed by atoms with Crippen LogP contribution in [0.5, 0.6) is 0 Å². The van der Waals surface area contributed by atoms with Crippen molar-refractivity contribution in [2.24, 2.45) is 0 Å². The van der Waals surface area contributed by atoms with Crippen LogP contribution in [-0.4, -0.2) is 16.0 Å². The zero-order valence-corrected chi connectivity index (χ0v) is 8.32. The van der Waals surface area contributed by atoms with E-state index < -0.39 is 0 Å². The first-order valence-corrected chi connectivity index (χ1v) is 4.30. The SMILES string of the molecule is CC(C)Nc1cc(Cl)nc(Cl)n1. The maximum atomic E-state index is 5.66. The molecule has 66 valence electrons. The number of aromatic nitrogens is 2. The van der Waals surface area contributed by atoms with Gasteiger partial charge in [0.1, 0.15) is 11.0 Å². The van der Waals surface area contributed by atoms with Gasteiger partial charge in [0, 0.05) is 12.1 Å². The van der Waals surface area contributed by atoms with E-state index in [0.717, 1.165) is 0 Å². The quantitative estimate of drug-likeness (QED) is 0.596. The largest absolute Gasteiger partial charge is 0.368 e. The summed E-state index contributed by atoms with van der Waals surface area (Å²) in [5, 5.41) is 3.57. The Morgan fingerprint density at radius 2 is 2.00 bits per heavy atom. The first kappa shape index (κ1) is 9.55. The highest BCUT2D eigenvalue weighted by Crippen LogP contribution is 2.14. The molecule has 0 aliphatic rings. The normalized spacial score (nSPS) is 10.4. The van der Waals surface area contributed by atoms with Crippen LogP contribution in [0.4, 0.5) is 5.82 Å². The molecule has 1 heterocycles. The summed E-state index contributed by atoms with van der Waals surface area (Å²) >= 11 is 11.2. The maximum absolute atomic E-state index is 5.66. The van der Waals surface area contributed by atoms with E-state index >= 15 is 0 Å². The molecule has 1 rings (SSSR count). The van der Waals surface area contributed by atoms with Crippen LogP contribution in [0.1, 0.15) is 13.8 Å². The maximum Gasteiger partial charge on any atom is 0.225 e. The number of nitrogens with one attached hydrogen (secondary N) is 1. The second kappa shape index (κ2) is 3.92. The van der Waals surface area contributed by atoms with Crippen molar-refractivity contribution < 1.29 is 0 Å². The lowest BCUT2D eigenvalue weighted by Crippen LogP contribution is -2.11. The summed E-state index contributed by atoms with van der Waals surface area (Å²) in [5.74, 6) is 0.648. The molecule has 0 atom stereocenters. The van der Waals surface area contributed by atoms with Crippen molar-refractivity contribution in [3.05, 3.63) is 16.5 Å². The number of hydrogen-bond acceptors (Lipinski definition) is 3. The molecule has 1 aromatic rings. The topological polar surface area (TPSA) is 37.8 Å². The van der Waals surface area contributed by atoms with Gasteiger partial charge in [-0.15, -0.1) is 0 Å². The molecule has 0 aliphatic heterocycles. The van der Waals surface area contributed by atoms with Crippen LogP contribution >= 0.6 is 23.2 Å². The molecule has 0 saturated carbocycles. The van der Waals surface area contributed by atoms with Crippen molar-refractivity contribution in [3.8, 4) is 0 Å². The van der Waals surface area contributed by atoms with Crippen LogP contribution in [0.2, 0.25) is 10.4 Å². The molecule has 0 fully saturated rings. The average Bonchev–Trinajstić information content (AvgIpc) is 1.81. The van der Waals surface area contributed by atoms with Gasteiger partial charge >= 0.3 is 0 Å². The number of hydrogen-bond donors (Lipinski definition) is 1. The van der Waals surface area contributed by atoms with Gasteiger partial charge in [-0.1, -0.05) is 11.6 Å². The molecule has 5 heteroatoms. The van der Waals surface area contributed by atoms with Crippen LogP contribution in [0, 0.1) is 0 Å². The Kier molecular flexibility index (Phi) is 3.12. The molecular formula is C7H9Cl2N3. The molecule has 3 nitrogen and oxygen atoms in total. The van der Waals surface area contributed by atoms with Gasteiger partial charge in [0.25, 0.3) is 0 Å². The van der Waals surface area contributed by atoms with E-state index in [2.05, 4.69) is 15.3 Å². The van der Waals surface area contributed by atoms with E-state index in [-0.39, 0.29) is 5.28 Å². The van der Waals surface area contributed by atoms with Crippen LogP contribution in [0.25, 0.3) is 0 Å². The molecular weight excluding hydrogens is 197 g/mol. The summed E-state index contributed by atoms with van der Waals surface area (Å²) in [6, 6.07) is 1.93. The second-order valence-corrected chi connectivity index (χ2v) is 3.37. The fourth-order valence-electron chi connectivity index (χ4n) is 0.760. The van der Waals surface area contributed by atoms with E-state index in [1.165, 1.54) is 0 Å². The van der Waals surface area contributed by atoms with Crippen molar-refractivity contribution in [1.29, 1.82) is 0 Å². The molecule has 12 heavy (non-hydrogen) atoms. The van der Waals surface area contributed by atoms with E-state index in [0.29, 0.717) is 17.0 Å². The zero-order chi connectivity index (χ0) is 9.14. The molecule has 0 radical (unpaired) electrons. The van der Waals surface area contributed by atoms with Crippen molar-refractivity contribution in [2.75, 3.05) is 5.32 Å². The van der Waals surface area contributed by atoms with E-state index in [1.54, 1.807) is 6.07 Å². The van der Waals surface area contributed by atoms with Gasteiger partial charge in [0.15, 0.2) is 0 Å². The monoisotopic (exact) mass is 205 g/mol. The molecule has 1 aromatic heterocycles. The first-order chi connectivity index (χ1) is 5.58. The molecule has 0 aliphatic carbocycles. The van der Waals surface area contributed by atoms with Crippen LogP contribution in [0.3, 0.4) is 0 Å². The molecule has 0 unspecified atom stereocenters. The molecule has 0 amide bonds. The summed E-state index contributed by atoms with van der Waals surface area (Å²) < 4.78 is 0. The predicted molar refractivity (Wildman–Crippen MR) is 50.8 cm³/mol. The highest BCUT2D eigenvalue weighted by atomic mass is 35.5. The van der Waals surface area contributed by atoms with Gasteiger partial charge in [0.2, 0.25) is 5.28 Å². The minimum atomic E-state index is 0.158. The van der Waals surface area contributed by atoms with Crippen molar-refractivity contribution in [1.82, 2.24) is 9.97 Å². The van der Waals surface area contributed by atoms with Crippen LogP contribution in [0.15, 0.2) is 6.07 Å². The molecule has 0 spiro atoms. The fourth-order valence-corrected chi connectivity index (χ4v) is 1.17. The molecule has 0 aromatic carbocycles. The highest BCUT2D eigenvalue weighted by Gasteiger charge is 2.01. The number of nitrogens with zero attached hydrogens (tertiary/aromatic N) is 2. The molecule has 0 saturated heterocycles. The van der Waals surface area contributed by atoms with Gasteiger partial charge in [0.05, 0.1) is 0 Å². The third-order valence-corrected chi connectivity index (χ3v) is 1.47. The molecule has 0 bridgehead atoms. The Hall–Kier alpha value is -0.540. The van der Waals surface area contributed by atoms with Gasteiger partial charge in [-0.05, 0) is 25.4 Å². The summed E-state index contributed by atoms with van der Waals surface area (Å²) in [6.45, 7) is 4.01. The summed E-state index contributed by atoms with van der Waals surface area (Å²) in [5.41, 5.74) is 0. The Balaban J connectivity index is 2.85. The minimum Gasteiger partial charge on any atom is -0.368 e. The van der Waals surface area contributed by atoms with Crippen molar-refractivity contribution >= 4 is 29.0 Å². The van der Waals surface area contributed by atoms with E-state index in [9.17, 15) is 0 Å². The Morgan fingerprint density at radius 3 is 2.50 bits per heavy atom. The summed E-state index contributed by atoms with van der Waals surface area (Å²) in [7, 11) is 0. The van der Waals surface area contributed by atoms with Gasteiger partial charge < -0.3 is 5.32 Å². The zero-order valence-electron chi connectivity index (χ0n) is 6.81. The lowest BCUT2D eigenvalue weighted by atomic mass is 10.4. The third kappa shape index (κ3) is 2.83. The highest BCUT2D eigenvalue weighted by molar-refractivity contribution is 6.32. The van der Waals surface area contributed by atoms with Gasteiger partial charge in [-0.2, -0.15) is 0 Å². The smallest absolute Gasteiger partial charge is 0.225 e. The standard InChI is InChI=1S/C7H9Cl2N3/c1-4(2)10-6-3-5(8)11-7(9)12-6/h3-4H,1-2H3,(H,10,11,12). The van der Waals surface area contributed by atoms with E-state index in [1.807, 2.05) is 13.8 Å². The summed E-state index contributed by atoms with van der Waals surface area (Å²) in [4.78, 5) is 7.65. The van der Waals surface area contributed by atoms with E-state index in [4.69, 9.17) is 23.2 Å². The lowest BCUT2D eigenvalue weighted by molar-refractivity contribution is 0.886. The summed E-state index contributed by atoms with van der Waals surface area (Å²) in [6.07, 6.45) is 0. The Labute approximate surface area is 81.1 Å². The minimum absolute atomic E-state index is 0.158. The first-order valence-electron chi connectivity index (χ1n) is 3.54. The van der Waals surface area contributed by atoms with Crippen molar-refractivity contribution in [2.45, 2.75) is 19.9 Å². The van der Waals surface area contributed by atoms with Gasteiger partial charge in [-0.3, -0.25) is 0 Å². The second-order valence-electron chi connectivity index (χ2n) is 2.64. The van der Waals surface area contributed by atoms with Crippen molar-refractivity contribution in [3.63, 3.8) is 0 Å². The molecule has 1 N–H and O–H groups in total. The predicted octanol–water partition coefficient (Wildman–Crippen LogP) is 2.60. The number of anilines is 1. The van der Waals surface area contributed by atoms with Crippen LogP contribution < -0.4 is 5.32 Å². The Morgan fingerprint density at radius 1 is 1.33 bits per heavy atom. The Bertz CT molecular complexity index is 255. The average molecular weight is 206 g/mol. The lowest BCUT2D eigenvalue weighted by Gasteiger charge is -2.08. The van der Waals surface area contributed by atoms with Gasteiger partial charge in [-0.25, -0.2) is 9.97 Å².